The fraction of sp³-hybridized carbons (Fsp3) is 0.400. The first-order valence-electron chi connectivity index (χ1n) is 3.97. The largest absolute Gasteiger partial charge is 0.390 e. The van der Waals surface area contributed by atoms with Crippen LogP contribution in [0.4, 0.5) is 0 Å². The third-order valence-electron chi connectivity index (χ3n) is 1.83. The van der Waals surface area contributed by atoms with Gasteiger partial charge in [-0.25, -0.2) is 5.01 Å². The first-order valence-corrected chi connectivity index (χ1v) is 3.97. The Labute approximate surface area is 106 Å². The molecule has 1 radical (unpaired) electrons. The molecule has 13 heavy (non-hydrogen) atoms. The molecule has 0 aliphatic carbocycles. The molecule has 1 heterocycles. The molecule has 69 valence electrons. The van der Waals surface area contributed by atoms with Crippen LogP contribution in [-0.2, 0) is 32.7 Å². The van der Waals surface area contributed by atoms with E-state index in [2.05, 4.69) is 25.8 Å². The monoisotopic (exact) mass is 252 g/mol. The zero-order chi connectivity index (χ0) is 9.30. The summed E-state index contributed by atoms with van der Waals surface area (Å²) in [5.74, 6) is 0. The minimum atomic E-state index is 0. The van der Waals surface area contributed by atoms with E-state index in [9.17, 15) is 0 Å². The zero-order valence-corrected chi connectivity index (χ0v) is 11.6. The van der Waals surface area contributed by atoms with Crippen molar-refractivity contribution in [2.24, 2.45) is 0 Å². The van der Waals surface area contributed by atoms with Crippen molar-refractivity contribution in [3.63, 3.8) is 0 Å². The molecule has 0 aromatic rings. The Hall–Kier alpha value is 0.0839. The van der Waals surface area contributed by atoms with Crippen molar-refractivity contribution in [1.82, 2.24) is 10.0 Å². The second-order valence-electron chi connectivity index (χ2n) is 3.23. The Morgan fingerprint density at radius 3 is 2.38 bits per heavy atom. The van der Waals surface area contributed by atoms with E-state index in [4.69, 9.17) is 0 Å². The molecular weight excluding hydrogens is 237 g/mol. The molecule has 0 aromatic carbocycles. The number of hydrogen-bond acceptors (Lipinski definition) is 2. The van der Waals surface area contributed by atoms with Gasteiger partial charge in [-0.3, -0.25) is 0 Å². The predicted octanol–water partition coefficient (Wildman–Crippen LogP) is 1.94. The van der Waals surface area contributed by atoms with E-state index in [1.54, 1.807) is 0 Å². The van der Waals surface area contributed by atoms with E-state index >= 15 is 0 Å². The van der Waals surface area contributed by atoms with Crippen molar-refractivity contribution < 1.29 is 32.7 Å². The van der Waals surface area contributed by atoms with Gasteiger partial charge in [-0.05, 0) is 0 Å². The number of hydrazine groups is 1. The van der Waals surface area contributed by atoms with E-state index in [-0.39, 0.29) is 32.7 Å². The Morgan fingerprint density at radius 1 is 1.38 bits per heavy atom. The molecule has 0 saturated carbocycles. The maximum Gasteiger partial charge on any atom is 0.00456 e. The molecule has 0 fully saturated rings. The van der Waals surface area contributed by atoms with Crippen molar-refractivity contribution in [2.75, 3.05) is 14.1 Å². The minimum absolute atomic E-state index is 0. The summed E-state index contributed by atoms with van der Waals surface area (Å²) in [6, 6.07) is 0. The number of rotatable bonds is 1. The molecule has 1 rings (SSSR count). The maximum atomic E-state index is 3.97. The van der Waals surface area contributed by atoms with Crippen LogP contribution in [0.25, 0.3) is 0 Å². The van der Waals surface area contributed by atoms with Crippen LogP contribution in [0, 0.1) is 6.20 Å². The van der Waals surface area contributed by atoms with Crippen LogP contribution < -0.4 is 0 Å². The molecule has 0 saturated heterocycles. The van der Waals surface area contributed by atoms with Crippen LogP contribution in [-0.4, -0.2) is 24.1 Å². The fourth-order valence-electron chi connectivity index (χ4n) is 1.18. The van der Waals surface area contributed by atoms with Crippen LogP contribution >= 0.6 is 0 Å². The van der Waals surface area contributed by atoms with Gasteiger partial charge in [0, 0.05) is 46.8 Å². The maximum absolute atomic E-state index is 3.97. The van der Waals surface area contributed by atoms with Crippen LogP contribution in [0.15, 0.2) is 29.5 Å². The summed E-state index contributed by atoms with van der Waals surface area (Å²) >= 11 is 0. The topological polar surface area (TPSA) is 6.48 Å². The standard InChI is InChI=1S/C10H15N2.Y/c1-8-6-9(2)10(3)12(7-8)11(4)5;/h6H,3H2,1-2,4-5H3;/q-1;. The normalized spacial score (nSPS) is 16.7. The summed E-state index contributed by atoms with van der Waals surface area (Å²) in [4.78, 5) is 0. The Kier molecular flexibility index (Phi) is 5.12. The molecule has 0 aromatic heterocycles. The summed E-state index contributed by atoms with van der Waals surface area (Å²) in [5, 5.41) is 3.88. The summed E-state index contributed by atoms with van der Waals surface area (Å²) in [6.45, 7) is 8.07. The van der Waals surface area contributed by atoms with Crippen molar-refractivity contribution in [3.05, 3.63) is 35.7 Å². The molecule has 0 spiro atoms. The van der Waals surface area contributed by atoms with Gasteiger partial charge in [-0.1, -0.05) is 25.7 Å². The van der Waals surface area contributed by atoms with Gasteiger partial charge in [0.25, 0.3) is 0 Å². The van der Waals surface area contributed by atoms with Crippen molar-refractivity contribution in [3.8, 4) is 0 Å². The van der Waals surface area contributed by atoms with E-state index in [0.29, 0.717) is 0 Å². The van der Waals surface area contributed by atoms with E-state index in [1.165, 1.54) is 5.57 Å². The van der Waals surface area contributed by atoms with Crippen molar-refractivity contribution in [2.45, 2.75) is 13.8 Å². The number of hydrogen-bond donors (Lipinski definition) is 0. The third kappa shape index (κ3) is 3.05. The second-order valence-corrected chi connectivity index (χ2v) is 3.23. The Morgan fingerprint density at radius 2 is 1.92 bits per heavy atom. The number of allylic oxidation sites excluding steroid dienone is 3. The molecular formula is C10H15N2Y-. The van der Waals surface area contributed by atoms with Gasteiger partial charge >= 0.3 is 0 Å². The van der Waals surface area contributed by atoms with Gasteiger partial charge < -0.3 is 5.01 Å². The summed E-state index contributed by atoms with van der Waals surface area (Å²) in [6.07, 6.45) is 5.28. The first-order chi connectivity index (χ1) is 5.52. The molecule has 1 aliphatic heterocycles. The molecule has 0 atom stereocenters. The molecule has 2 nitrogen and oxygen atoms in total. The number of nitrogens with zero attached hydrogens (tertiary/aromatic N) is 2. The molecule has 0 bridgehead atoms. The quantitative estimate of drug-likeness (QED) is 0.658. The van der Waals surface area contributed by atoms with Crippen molar-refractivity contribution in [1.29, 1.82) is 0 Å². The minimum Gasteiger partial charge on any atom is -0.390 e. The van der Waals surface area contributed by atoms with E-state index < -0.39 is 0 Å². The zero-order valence-electron chi connectivity index (χ0n) is 8.76. The Bertz CT molecular complexity index is 264. The molecule has 0 unspecified atom stereocenters. The van der Waals surface area contributed by atoms with Gasteiger partial charge in [-0.15, -0.1) is 17.7 Å². The van der Waals surface area contributed by atoms with Gasteiger partial charge in [0.05, 0.1) is 0 Å². The van der Waals surface area contributed by atoms with Crippen LogP contribution in [0.1, 0.15) is 13.8 Å². The summed E-state index contributed by atoms with van der Waals surface area (Å²) < 4.78 is 0. The van der Waals surface area contributed by atoms with Gasteiger partial charge in [-0.2, -0.15) is 6.08 Å². The molecule has 1 aliphatic rings. The summed E-state index contributed by atoms with van der Waals surface area (Å²) in [7, 11) is 3.95. The average molecular weight is 252 g/mol. The van der Waals surface area contributed by atoms with Gasteiger partial charge in [0.2, 0.25) is 0 Å². The van der Waals surface area contributed by atoms with Gasteiger partial charge in [0.1, 0.15) is 0 Å². The second kappa shape index (κ2) is 5.09. The Balaban J connectivity index is 0.00000144. The van der Waals surface area contributed by atoms with Gasteiger partial charge in [0.15, 0.2) is 0 Å². The molecule has 0 N–H and O–H groups in total. The van der Waals surface area contributed by atoms with Crippen LogP contribution in [0.5, 0.6) is 0 Å². The van der Waals surface area contributed by atoms with Crippen molar-refractivity contribution >= 4 is 0 Å². The molecule has 0 amide bonds. The van der Waals surface area contributed by atoms with E-state index in [1.807, 2.05) is 31.0 Å². The SMILES string of the molecule is C=C1C(C)=CC(C)=[C-]N1N(C)C.[Y]. The predicted molar refractivity (Wildman–Crippen MR) is 50.9 cm³/mol. The summed E-state index contributed by atoms with van der Waals surface area (Å²) in [5.41, 5.74) is 3.32. The van der Waals surface area contributed by atoms with E-state index in [0.717, 1.165) is 11.3 Å². The first kappa shape index (κ1) is 13.1. The van der Waals surface area contributed by atoms with Crippen LogP contribution in [0.3, 0.4) is 0 Å². The van der Waals surface area contributed by atoms with Crippen LogP contribution in [0.2, 0.25) is 0 Å². The third-order valence-corrected chi connectivity index (χ3v) is 1.83. The molecule has 3 heteroatoms. The smallest absolute Gasteiger partial charge is 0.00456 e. The fourth-order valence-corrected chi connectivity index (χ4v) is 1.18. The average Bonchev–Trinajstić information content (AvgIpc) is 1.96.